The number of nitrogens with two attached hydrogens (primary N) is 1. The molecule has 0 aliphatic rings. The quantitative estimate of drug-likeness (QED) is 0.736. The maximum atomic E-state index is 13.7. The van der Waals surface area contributed by atoms with Crippen molar-refractivity contribution in [2.24, 2.45) is 0 Å². The molecule has 20 heavy (non-hydrogen) atoms. The van der Waals surface area contributed by atoms with Gasteiger partial charge in [0.05, 0.1) is 21.7 Å². The Kier molecular flexibility index (Phi) is 4.49. The molecule has 0 aliphatic carbocycles. The van der Waals surface area contributed by atoms with Gasteiger partial charge in [-0.2, -0.15) is 4.39 Å². The van der Waals surface area contributed by atoms with E-state index in [4.69, 9.17) is 15.2 Å². The minimum atomic E-state index is -1.14. The van der Waals surface area contributed by atoms with Gasteiger partial charge < -0.3 is 15.2 Å². The first-order valence-corrected chi connectivity index (χ1v) is 6.97. The fourth-order valence-electron chi connectivity index (χ4n) is 1.51. The van der Waals surface area contributed by atoms with Gasteiger partial charge >= 0.3 is 0 Å². The zero-order chi connectivity index (χ0) is 14.9. The molecule has 0 amide bonds. The Morgan fingerprint density at radius 3 is 2.30 bits per heavy atom. The smallest absolute Gasteiger partial charge is 0.203 e. The minimum absolute atomic E-state index is 0.00254. The van der Waals surface area contributed by atoms with E-state index in [1.165, 1.54) is 13.2 Å². The Balaban J connectivity index is 2.46. The van der Waals surface area contributed by atoms with Gasteiger partial charge in [0.25, 0.3) is 0 Å². The highest BCUT2D eigenvalue weighted by Gasteiger charge is 2.16. The van der Waals surface area contributed by atoms with Gasteiger partial charge in [-0.15, -0.1) is 0 Å². The SMILES string of the molecule is COc1cc(Br)c(Oc2c(N)ccc(F)c2F)cc1Br. The highest BCUT2D eigenvalue weighted by atomic mass is 79.9. The van der Waals surface area contributed by atoms with Crippen molar-refractivity contribution in [2.75, 3.05) is 12.8 Å². The van der Waals surface area contributed by atoms with Crippen molar-refractivity contribution in [1.29, 1.82) is 0 Å². The van der Waals surface area contributed by atoms with E-state index in [1.807, 2.05) is 0 Å². The number of methoxy groups -OCH3 is 1. The number of benzene rings is 2. The topological polar surface area (TPSA) is 44.5 Å². The molecule has 2 N–H and O–H groups in total. The first-order chi connectivity index (χ1) is 9.43. The molecule has 2 rings (SSSR count). The lowest BCUT2D eigenvalue weighted by Gasteiger charge is -2.13. The van der Waals surface area contributed by atoms with Gasteiger partial charge in [-0.05, 0) is 56.1 Å². The Labute approximate surface area is 130 Å². The van der Waals surface area contributed by atoms with Crippen LogP contribution < -0.4 is 15.2 Å². The largest absolute Gasteiger partial charge is 0.496 e. The van der Waals surface area contributed by atoms with Crippen LogP contribution in [-0.2, 0) is 0 Å². The molecular weight excluding hydrogens is 400 g/mol. The summed E-state index contributed by atoms with van der Waals surface area (Å²) < 4.78 is 38.5. The van der Waals surface area contributed by atoms with Crippen molar-refractivity contribution in [1.82, 2.24) is 0 Å². The first-order valence-electron chi connectivity index (χ1n) is 5.38. The zero-order valence-electron chi connectivity index (χ0n) is 10.2. The van der Waals surface area contributed by atoms with Gasteiger partial charge in [0.15, 0.2) is 11.6 Å². The van der Waals surface area contributed by atoms with Crippen LogP contribution in [0.25, 0.3) is 0 Å². The van der Waals surface area contributed by atoms with Gasteiger partial charge in [-0.25, -0.2) is 4.39 Å². The molecule has 0 spiro atoms. The Bertz CT molecular complexity index is 665. The van der Waals surface area contributed by atoms with E-state index < -0.39 is 11.6 Å². The zero-order valence-corrected chi connectivity index (χ0v) is 13.4. The summed E-state index contributed by atoms with van der Waals surface area (Å²) in [6.45, 7) is 0. The van der Waals surface area contributed by atoms with Crippen molar-refractivity contribution in [3.05, 3.63) is 44.8 Å². The molecule has 0 fully saturated rings. The van der Waals surface area contributed by atoms with Crippen molar-refractivity contribution in [2.45, 2.75) is 0 Å². The minimum Gasteiger partial charge on any atom is -0.496 e. The van der Waals surface area contributed by atoms with Gasteiger partial charge in [0.1, 0.15) is 11.5 Å². The lowest BCUT2D eigenvalue weighted by Crippen LogP contribution is -1.98. The number of hydrogen-bond acceptors (Lipinski definition) is 3. The van der Waals surface area contributed by atoms with Crippen LogP contribution in [-0.4, -0.2) is 7.11 Å². The predicted octanol–water partition coefficient (Wildman–Crippen LogP) is 4.87. The van der Waals surface area contributed by atoms with E-state index in [-0.39, 0.29) is 17.2 Å². The monoisotopic (exact) mass is 407 g/mol. The number of ether oxygens (including phenoxy) is 2. The maximum absolute atomic E-state index is 13.7. The Hall–Kier alpha value is -1.34. The molecule has 0 heterocycles. The fourth-order valence-corrected chi connectivity index (χ4v) is 2.39. The molecule has 0 radical (unpaired) electrons. The van der Waals surface area contributed by atoms with Gasteiger partial charge in [0.2, 0.25) is 5.82 Å². The molecule has 106 valence electrons. The van der Waals surface area contributed by atoms with E-state index in [9.17, 15) is 8.78 Å². The normalized spacial score (nSPS) is 10.4. The molecule has 2 aromatic rings. The average Bonchev–Trinajstić information content (AvgIpc) is 2.42. The summed E-state index contributed by atoms with van der Waals surface area (Å²) >= 11 is 6.55. The van der Waals surface area contributed by atoms with E-state index in [0.29, 0.717) is 14.7 Å². The Morgan fingerprint density at radius 1 is 1.05 bits per heavy atom. The van der Waals surface area contributed by atoms with Crippen LogP contribution in [0.4, 0.5) is 14.5 Å². The van der Waals surface area contributed by atoms with E-state index >= 15 is 0 Å². The number of anilines is 1. The van der Waals surface area contributed by atoms with Gasteiger partial charge in [-0.1, -0.05) is 0 Å². The Morgan fingerprint density at radius 2 is 1.65 bits per heavy atom. The number of nitrogen functional groups attached to an aromatic ring is 1. The van der Waals surface area contributed by atoms with Crippen LogP contribution in [0.3, 0.4) is 0 Å². The molecule has 0 aromatic heterocycles. The summed E-state index contributed by atoms with van der Waals surface area (Å²) in [5, 5.41) is 0. The summed E-state index contributed by atoms with van der Waals surface area (Å²) in [6, 6.07) is 5.37. The third-order valence-corrected chi connectivity index (χ3v) is 3.74. The second kappa shape index (κ2) is 5.97. The average molecular weight is 409 g/mol. The third kappa shape index (κ3) is 2.88. The molecule has 0 saturated heterocycles. The molecule has 0 bridgehead atoms. The van der Waals surface area contributed by atoms with Gasteiger partial charge in [0, 0.05) is 0 Å². The van der Waals surface area contributed by atoms with Crippen molar-refractivity contribution in [3.63, 3.8) is 0 Å². The van der Waals surface area contributed by atoms with E-state index in [1.54, 1.807) is 12.1 Å². The highest BCUT2D eigenvalue weighted by molar-refractivity contribution is 9.11. The van der Waals surface area contributed by atoms with Crippen LogP contribution in [0.1, 0.15) is 0 Å². The van der Waals surface area contributed by atoms with Crippen molar-refractivity contribution in [3.8, 4) is 17.2 Å². The summed E-state index contributed by atoms with van der Waals surface area (Å²) in [6.07, 6.45) is 0. The van der Waals surface area contributed by atoms with Crippen LogP contribution >= 0.6 is 31.9 Å². The number of hydrogen-bond donors (Lipinski definition) is 1. The molecular formula is C13H9Br2F2NO2. The number of halogens is 4. The molecule has 3 nitrogen and oxygen atoms in total. The number of rotatable bonds is 3. The van der Waals surface area contributed by atoms with Crippen LogP contribution in [0, 0.1) is 11.6 Å². The predicted molar refractivity (Wildman–Crippen MR) is 79.2 cm³/mol. The van der Waals surface area contributed by atoms with Gasteiger partial charge in [-0.3, -0.25) is 0 Å². The van der Waals surface area contributed by atoms with Crippen LogP contribution in [0.15, 0.2) is 33.2 Å². The molecule has 0 unspecified atom stereocenters. The van der Waals surface area contributed by atoms with E-state index in [2.05, 4.69) is 31.9 Å². The summed E-state index contributed by atoms with van der Waals surface area (Å²) in [5.41, 5.74) is 5.60. The molecule has 0 aliphatic heterocycles. The highest BCUT2D eigenvalue weighted by Crippen LogP contribution is 2.40. The van der Waals surface area contributed by atoms with Crippen LogP contribution in [0.5, 0.6) is 17.2 Å². The second-order valence-electron chi connectivity index (χ2n) is 3.80. The standard InChI is InChI=1S/C13H9Br2F2NO2/c1-19-10-4-7(15)11(5-6(10)14)20-13-9(18)3-2-8(16)12(13)17/h2-5H,18H2,1H3. The molecule has 0 atom stereocenters. The summed E-state index contributed by atoms with van der Waals surface area (Å²) in [4.78, 5) is 0. The maximum Gasteiger partial charge on any atom is 0.203 e. The lowest BCUT2D eigenvalue weighted by molar-refractivity contribution is 0.403. The molecule has 7 heteroatoms. The van der Waals surface area contributed by atoms with Crippen molar-refractivity contribution < 1.29 is 18.3 Å². The van der Waals surface area contributed by atoms with E-state index in [0.717, 1.165) is 6.07 Å². The third-order valence-electron chi connectivity index (χ3n) is 2.50. The lowest BCUT2D eigenvalue weighted by atomic mass is 10.2. The molecule has 2 aromatic carbocycles. The first kappa shape index (κ1) is 15.1. The van der Waals surface area contributed by atoms with Crippen molar-refractivity contribution >= 4 is 37.5 Å². The second-order valence-corrected chi connectivity index (χ2v) is 5.51. The molecule has 0 saturated carbocycles. The summed E-state index contributed by atoms with van der Waals surface area (Å²) in [7, 11) is 1.51. The summed E-state index contributed by atoms with van der Waals surface area (Å²) in [5.74, 6) is -1.68. The fraction of sp³-hybridized carbons (Fsp3) is 0.0769. The van der Waals surface area contributed by atoms with Crippen LogP contribution in [0.2, 0.25) is 0 Å².